The molecule has 0 unspecified atom stereocenters. The third kappa shape index (κ3) is 2.77. The minimum Gasteiger partial charge on any atom is -0.320 e. The third-order valence-electron chi connectivity index (χ3n) is 1.66. The summed E-state index contributed by atoms with van der Waals surface area (Å²) in [6, 6.07) is 0.265. The molecule has 1 aromatic heterocycles. The Morgan fingerprint density at radius 3 is 2.35 bits per heavy atom. The topological polar surface area (TPSA) is 110 Å². The number of aromatic nitrogens is 1. The molecule has 94 valence electrons. The zero-order chi connectivity index (χ0) is 13.4. The lowest BCUT2D eigenvalue weighted by atomic mass is 10.3. The summed E-state index contributed by atoms with van der Waals surface area (Å²) in [5.74, 6) is 0. The fourth-order valence-electron chi connectivity index (χ4n) is 1.10. The predicted octanol–water partition coefficient (Wildman–Crippen LogP) is 1.15. The second kappa shape index (κ2) is 4.37. The molecule has 0 atom stereocenters. The van der Waals surface area contributed by atoms with E-state index in [1.807, 2.05) is 0 Å². The van der Waals surface area contributed by atoms with Crippen molar-refractivity contribution in [2.24, 2.45) is 0 Å². The number of aromatic amines is 1. The van der Waals surface area contributed by atoms with Gasteiger partial charge in [0.1, 0.15) is 5.69 Å². The molecular weight excluding hydrogens is 286 g/mol. The molecule has 0 aliphatic heterocycles. The summed E-state index contributed by atoms with van der Waals surface area (Å²) in [5.41, 5.74) is -3.92. The van der Waals surface area contributed by atoms with Gasteiger partial charge in [0.25, 0.3) is 26.7 Å². The van der Waals surface area contributed by atoms with Crippen molar-refractivity contribution in [3.8, 4) is 0 Å². The third-order valence-corrected chi connectivity index (χ3v) is 3.04. The molecule has 0 amide bonds. The van der Waals surface area contributed by atoms with Crippen LogP contribution in [0.25, 0.3) is 0 Å². The van der Waals surface area contributed by atoms with Gasteiger partial charge in [-0.1, -0.05) is 0 Å². The minimum atomic E-state index is -4.79. The molecule has 1 rings (SSSR count). The Bertz CT molecular complexity index is 626. The van der Waals surface area contributed by atoms with E-state index in [4.69, 9.17) is 10.7 Å². The van der Waals surface area contributed by atoms with Crippen LogP contribution in [0.3, 0.4) is 0 Å². The molecule has 0 bridgehead atoms. The second-order valence-corrected chi connectivity index (χ2v) is 5.26. The van der Waals surface area contributed by atoms with E-state index >= 15 is 0 Å². The van der Waals surface area contributed by atoms with Crippen molar-refractivity contribution < 1.29 is 22.1 Å². The molecule has 1 heterocycles. The first-order valence-electron chi connectivity index (χ1n) is 3.79. The molecule has 11 heteroatoms. The Morgan fingerprint density at radius 1 is 1.47 bits per heavy atom. The van der Waals surface area contributed by atoms with Crippen LogP contribution in [0.5, 0.6) is 0 Å². The molecule has 0 aliphatic rings. The summed E-state index contributed by atoms with van der Waals surface area (Å²) in [6.45, 7) is 0. The molecule has 1 N–H and O–H groups in total. The van der Waals surface area contributed by atoms with Crippen LogP contribution in [0.2, 0.25) is 0 Å². The Morgan fingerprint density at radius 2 is 2.00 bits per heavy atom. The highest BCUT2D eigenvalue weighted by Gasteiger charge is 2.33. The predicted molar refractivity (Wildman–Crippen MR) is 51.7 cm³/mol. The van der Waals surface area contributed by atoms with E-state index in [0.29, 0.717) is 0 Å². The average molecular weight is 289 g/mol. The van der Waals surface area contributed by atoms with Gasteiger partial charge in [-0.05, 0) is 0 Å². The van der Waals surface area contributed by atoms with Crippen LogP contribution in [0, 0.1) is 10.1 Å². The lowest BCUT2D eigenvalue weighted by Crippen LogP contribution is -2.15. The van der Waals surface area contributed by atoms with Crippen molar-refractivity contribution in [2.45, 2.75) is 11.3 Å². The Hall–Kier alpha value is -1.55. The van der Waals surface area contributed by atoms with Gasteiger partial charge >= 0.3 is 0 Å². The van der Waals surface area contributed by atoms with Crippen LogP contribution in [0.15, 0.2) is 15.8 Å². The Labute approximate surface area is 96.6 Å². The molecule has 17 heavy (non-hydrogen) atoms. The second-order valence-electron chi connectivity index (χ2n) is 2.76. The molecule has 0 radical (unpaired) electrons. The van der Waals surface area contributed by atoms with Crippen molar-refractivity contribution in [3.05, 3.63) is 32.2 Å². The van der Waals surface area contributed by atoms with Crippen LogP contribution < -0.4 is 5.56 Å². The van der Waals surface area contributed by atoms with E-state index in [2.05, 4.69) is 0 Å². The van der Waals surface area contributed by atoms with Crippen LogP contribution in [-0.4, -0.2) is 18.3 Å². The maximum Gasteiger partial charge on any atom is 0.296 e. The highest BCUT2D eigenvalue weighted by molar-refractivity contribution is 8.13. The van der Waals surface area contributed by atoms with Gasteiger partial charge in [-0.25, -0.2) is 17.2 Å². The van der Waals surface area contributed by atoms with Gasteiger partial charge in [0.15, 0.2) is 4.90 Å². The van der Waals surface area contributed by atoms with Crippen LogP contribution in [0.1, 0.15) is 12.1 Å². The normalized spacial score (nSPS) is 11.8. The zero-order valence-corrected chi connectivity index (χ0v) is 9.26. The Balaban J connectivity index is 3.85. The van der Waals surface area contributed by atoms with Gasteiger partial charge in [0, 0.05) is 10.7 Å². The molecule has 0 saturated carbocycles. The van der Waals surface area contributed by atoms with Crippen molar-refractivity contribution in [3.63, 3.8) is 0 Å². The number of nitrogens with one attached hydrogen (secondary N) is 1. The van der Waals surface area contributed by atoms with Gasteiger partial charge in [0.2, 0.25) is 0 Å². The molecule has 0 saturated heterocycles. The quantitative estimate of drug-likeness (QED) is 0.509. The summed E-state index contributed by atoms with van der Waals surface area (Å²) in [4.78, 5) is 20.2. The van der Waals surface area contributed by atoms with E-state index < -0.39 is 42.2 Å². The van der Waals surface area contributed by atoms with E-state index in [1.54, 1.807) is 0 Å². The standard InChI is InChI=1S/C6H3ClF2N2O5S/c7-17(15,16)5-2(11(13)14)1-3(12)10-4(5)6(8)9/h1,6H,(H,10,12). The van der Waals surface area contributed by atoms with Gasteiger partial charge in [-0.2, -0.15) is 0 Å². The van der Waals surface area contributed by atoms with E-state index in [-0.39, 0.29) is 6.07 Å². The first kappa shape index (κ1) is 13.5. The first-order chi connectivity index (χ1) is 7.64. The molecule has 0 aromatic carbocycles. The summed E-state index contributed by atoms with van der Waals surface area (Å²) in [6.07, 6.45) is -3.42. The van der Waals surface area contributed by atoms with E-state index in [9.17, 15) is 32.1 Å². The highest BCUT2D eigenvalue weighted by atomic mass is 35.7. The van der Waals surface area contributed by atoms with Crippen LogP contribution in [-0.2, 0) is 9.05 Å². The largest absolute Gasteiger partial charge is 0.320 e. The number of hydrogen-bond donors (Lipinski definition) is 1. The van der Waals surface area contributed by atoms with Crippen LogP contribution >= 0.6 is 10.7 Å². The zero-order valence-electron chi connectivity index (χ0n) is 7.69. The minimum absolute atomic E-state index is 0.265. The van der Waals surface area contributed by atoms with Crippen molar-refractivity contribution in [2.75, 3.05) is 0 Å². The fourth-order valence-corrected chi connectivity index (χ4v) is 2.37. The Kier molecular flexibility index (Phi) is 3.48. The molecular formula is C6H3ClF2N2O5S. The van der Waals surface area contributed by atoms with Gasteiger partial charge in [0.05, 0.1) is 11.0 Å². The molecule has 1 aromatic rings. The van der Waals surface area contributed by atoms with Gasteiger partial charge in [-0.15, -0.1) is 0 Å². The van der Waals surface area contributed by atoms with E-state index in [0.717, 1.165) is 0 Å². The average Bonchev–Trinajstić information content (AvgIpc) is 2.14. The number of nitro groups is 1. The lowest BCUT2D eigenvalue weighted by molar-refractivity contribution is -0.388. The highest BCUT2D eigenvalue weighted by Crippen LogP contribution is 2.32. The number of pyridine rings is 1. The van der Waals surface area contributed by atoms with E-state index in [1.165, 1.54) is 4.98 Å². The SMILES string of the molecule is O=c1cc([N+](=O)[O-])c(S(=O)(=O)Cl)c(C(F)F)[nH]1. The number of hydrogen-bond acceptors (Lipinski definition) is 5. The van der Waals surface area contributed by atoms with Gasteiger partial charge in [-0.3, -0.25) is 14.9 Å². The number of H-pyrrole nitrogens is 1. The number of halogens is 3. The lowest BCUT2D eigenvalue weighted by Gasteiger charge is -2.05. The number of nitrogens with zero attached hydrogens (tertiary/aromatic N) is 1. The van der Waals surface area contributed by atoms with Crippen molar-refractivity contribution in [1.82, 2.24) is 4.98 Å². The molecule has 0 aliphatic carbocycles. The van der Waals surface area contributed by atoms with Crippen LogP contribution in [0.4, 0.5) is 14.5 Å². The molecule has 0 fully saturated rings. The summed E-state index contributed by atoms with van der Waals surface area (Å²) >= 11 is 0. The maximum atomic E-state index is 12.5. The number of alkyl halides is 2. The summed E-state index contributed by atoms with van der Waals surface area (Å²) in [7, 11) is 0.0312. The fraction of sp³-hybridized carbons (Fsp3) is 0.167. The number of rotatable bonds is 3. The molecule has 7 nitrogen and oxygen atoms in total. The molecule has 0 spiro atoms. The summed E-state index contributed by atoms with van der Waals surface area (Å²) < 4.78 is 46.9. The summed E-state index contributed by atoms with van der Waals surface area (Å²) in [5, 5.41) is 10.5. The maximum absolute atomic E-state index is 12.5. The van der Waals surface area contributed by atoms with Crippen molar-refractivity contribution >= 4 is 25.4 Å². The monoisotopic (exact) mass is 288 g/mol. The van der Waals surface area contributed by atoms with Gasteiger partial charge < -0.3 is 4.98 Å². The van der Waals surface area contributed by atoms with Crippen molar-refractivity contribution in [1.29, 1.82) is 0 Å². The first-order valence-corrected chi connectivity index (χ1v) is 6.10. The smallest absolute Gasteiger partial charge is 0.296 e.